The van der Waals surface area contributed by atoms with E-state index in [0.717, 1.165) is 36.4 Å². The van der Waals surface area contributed by atoms with Crippen molar-refractivity contribution in [1.29, 1.82) is 0 Å². The summed E-state index contributed by atoms with van der Waals surface area (Å²) in [5.41, 5.74) is 0.0128. The Labute approximate surface area is 230 Å². The van der Waals surface area contributed by atoms with Gasteiger partial charge in [0.2, 0.25) is 0 Å². The third kappa shape index (κ3) is 7.01. The van der Waals surface area contributed by atoms with Gasteiger partial charge in [-0.05, 0) is 12.8 Å². The van der Waals surface area contributed by atoms with Gasteiger partial charge in [-0.2, -0.15) is 0 Å². The van der Waals surface area contributed by atoms with Crippen LogP contribution in [0.15, 0.2) is 43.4 Å². The minimum Gasteiger partial charge on any atom is -0.465 e. The van der Waals surface area contributed by atoms with Crippen LogP contribution in [0.3, 0.4) is 0 Å². The number of carbonyl (C=O) groups is 5. The molecule has 0 N–H and O–H groups in total. The van der Waals surface area contributed by atoms with Gasteiger partial charge in [0.1, 0.15) is 21.2 Å². The van der Waals surface area contributed by atoms with Gasteiger partial charge in [-0.25, -0.2) is 19.2 Å². The van der Waals surface area contributed by atoms with Gasteiger partial charge in [-0.3, -0.25) is 4.79 Å². The second-order valence-electron chi connectivity index (χ2n) is 7.90. The van der Waals surface area contributed by atoms with Crippen LogP contribution in [0.1, 0.15) is 39.5 Å². The topological polar surface area (TPSA) is 129 Å². The van der Waals surface area contributed by atoms with E-state index in [1.54, 1.807) is 9.80 Å². The van der Waals surface area contributed by atoms with Crippen LogP contribution < -0.4 is 0 Å². The molecule has 38 heavy (non-hydrogen) atoms. The van der Waals surface area contributed by atoms with Gasteiger partial charge in [0.25, 0.3) is 0 Å². The summed E-state index contributed by atoms with van der Waals surface area (Å²) in [5.74, 6) is -3.39. The van der Waals surface area contributed by atoms with E-state index in [1.165, 1.54) is 40.6 Å². The second kappa shape index (κ2) is 14.7. The van der Waals surface area contributed by atoms with Crippen molar-refractivity contribution in [2.75, 3.05) is 41.5 Å². The minimum atomic E-state index is -0.727. The molecule has 2 aliphatic rings. The number of ether oxygens (including phenoxy) is 4. The van der Waals surface area contributed by atoms with Crippen molar-refractivity contribution in [2.24, 2.45) is 0 Å². The van der Waals surface area contributed by atoms with Gasteiger partial charge in [0.05, 0.1) is 38.5 Å². The number of methoxy groups -OCH3 is 4. The summed E-state index contributed by atoms with van der Waals surface area (Å²) in [6, 6.07) is 0. The highest BCUT2D eigenvalue weighted by molar-refractivity contribution is 8.08. The molecular formula is C25H32N2O9S2. The Hall–Kier alpha value is -3.19. The molecule has 0 aromatic rings. The fourth-order valence-corrected chi connectivity index (χ4v) is 5.79. The smallest absolute Gasteiger partial charge is 0.356 e. The number of nitrogens with zero attached hydrogens (tertiary/aromatic N) is 2. The first-order chi connectivity index (χ1) is 18.2. The molecular weight excluding hydrogens is 536 g/mol. The van der Waals surface area contributed by atoms with Crippen LogP contribution in [0.25, 0.3) is 0 Å². The highest BCUT2D eigenvalue weighted by Gasteiger charge is 2.39. The maximum absolute atomic E-state index is 13.2. The van der Waals surface area contributed by atoms with Crippen LogP contribution in [0.2, 0.25) is 0 Å². The van der Waals surface area contributed by atoms with Crippen LogP contribution in [-0.4, -0.2) is 81.0 Å². The lowest BCUT2D eigenvalue weighted by atomic mass is 10.2. The number of unbranched alkanes of at least 4 members (excludes halogenated alkanes) is 2. The fraction of sp³-hybridized carbons (Fsp3) is 0.480. The molecule has 0 fully saturated rings. The zero-order valence-electron chi connectivity index (χ0n) is 22.3. The molecule has 0 saturated carbocycles. The summed E-state index contributed by atoms with van der Waals surface area (Å²) in [4.78, 5) is 66.4. The molecule has 0 aromatic carbocycles. The van der Waals surface area contributed by atoms with Crippen molar-refractivity contribution < 1.29 is 42.9 Å². The van der Waals surface area contributed by atoms with E-state index >= 15 is 0 Å². The van der Waals surface area contributed by atoms with Gasteiger partial charge in [0.15, 0.2) is 5.78 Å². The predicted octanol–water partition coefficient (Wildman–Crippen LogP) is 3.05. The van der Waals surface area contributed by atoms with Gasteiger partial charge in [-0.15, -0.1) is 0 Å². The number of carbonyl (C=O) groups excluding carboxylic acids is 5. The summed E-state index contributed by atoms with van der Waals surface area (Å²) in [6.45, 7) is 4.67. The molecule has 0 bridgehead atoms. The number of rotatable bonds is 12. The monoisotopic (exact) mass is 568 g/mol. The number of thioether (sulfide) groups is 2. The molecule has 0 unspecified atom stereocenters. The number of esters is 4. The van der Waals surface area contributed by atoms with Crippen molar-refractivity contribution in [3.05, 3.63) is 43.4 Å². The molecule has 2 heterocycles. The normalized spacial score (nSPS) is 17.4. The first-order valence-corrected chi connectivity index (χ1v) is 13.5. The molecule has 0 aromatic heterocycles. The molecule has 208 valence electrons. The molecule has 11 nitrogen and oxygen atoms in total. The van der Waals surface area contributed by atoms with E-state index in [1.807, 2.05) is 13.8 Å². The van der Waals surface area contributed by atoms with Gasteiger partial charge in [-0.1, -0.05) is 50.2 Å². The molecule has 0 amide bonds. The lowest BCUT2D eigenvalue weighted by Crippen LogP contribution is -2.27. The Morgan fingerprint density at radius 3 is 1.26 bits per heavy atom. The molecule has 0 atom stereocenters. The number of ketones is 1. The summed E-state index contributed by atoms with van der Waals surface area (Å²) < 4.78 is 19.4. The van der Waals surface area contributed by atoms with E-state index < -0.39 is 29.7 Å². The lowest BCUT2D eigenvalue weighted by Gasteiger charge is -2.22. The average Bonchev–Trinajstić information content (AvgIpc) is 3.46. The highest BCUT2D eigenvalue weighted by atomic mass is 32.2. The Kier molecular flexibility index (Phi) is 12.0. The Bertz CT molecular complexity index is 1020. The van der Waals surface area contributed by atoms with E-state index in [4.69, 9.17) is 18.9 Å². The van der Waals surface area contributed by atoms with Crippen molar-refractivity contribution >= 4 is 53.2 Å². The van der Waals surface area contributed by atoms with Crippen LogP contribution in [0.4, 0.5) is 0 Å². The quantitative estimate of drug-likeness (QED) is 0.194. The summed E-state index contributed by atoms with van der Waals surface area (Å²) >= 11 is 1.87. The Morgan fingerprint density at radius 1 is 0.632 bits per heavy atom. The molecule has 0 saturated heterocycles. The summed E-state index contributed by atoms with van der Waals surface area (Å²) in [5, 5.41) is 0.692. The number of allylic oxidation sites excluding steroid dienone is 2. The van der Waals surface area contributed by atoms with Crippen molar-refractivity contribution in [3.8, 4) is 0 Å². The summed E-state index contributed by atoms with van der Waals surface area (Å²) in [6.07, 6.45) is 5.54. The Morgan fingerprint density at radius 2 is 0.974 bits per heavy atom. The van der Waals surface area contributed by atoms with Crippen molar-refractivity contribution in [2.45, 2.75) is 39.5 Å². The second-order valence-corrected chi connectivity index (χ2v) is 9.97. The highest BCUT2D eigenvalue weighted by Crippen LogP contribution is 2.44. The molecule has 0 radical (unpaired) electrons. The number of hydrogen-bond acceptors (Lipinski definition) is 13. The van der Waals surface area contributed by atoms with Crippen LogP contribution in [-0.2, 0) is 42.9 Å². The van der Waals surface area contributed by atoms with Crippen molar-refractivity contribution in [1.82, 2.24) is 9.80 Å². The largest absolute Gasteiger partial charge is 0.465 e. The maximum atomic E-state index is 13.2. The molecule has 0 spiro atoms. The van der Waals surface area contributed by atoms with Crippen LogP contribution in [0, 0.1) is 0 Å². The van der Waals surface area contributed by atoms with E-state index in [0.29, 0.717) is 36.0 Å². The van der Waals surface area contributed by atoms with Gasteiger partial charge in [0, 0.05) is 25.2 Å². The van der Waals surface area contributed by atoms with Gasteiger partial charge < -0.3 is 28.7 Å². The lowest BCUT2D eigenvalue weighted by molar-refractivity contribution is -0.139. The minimum absolute atomic E-state index is 0.00642. The van der Waals surface area contributed by atoms with Crippen LogP contribution >= 0.6 is 23.5 Å². The van der Waals surface area contributed by atoms with E-state index in [9.17, 15) is 24.0 Å². The first-order valence-electron chi connectivity index (χ1n) is 11.9. The fourth-order valence-electron chi connectivity index (χ4n) is 3.52. The zero-order chi connectivity index (χ0) is 28.4. The average molecular weight is 569 g/mol. The van der Waals surface area contributed by atoms with Gasteiger partial charge >= 0.3 is 23.9 Å². The molecule has 2 aliphatic heterocycles. The summed E-state index contributed by atoms with van der Waals surface area (Å²) in [7, 11) is 4.81. The predicted molar refractivity (Wildman–Crippen MR) is 142 cm³/mol. The molecule has 13 heteroatoms. The number of hydrogen-bond donors (Lipinski definition) is 0. The maximum Gasteiger partial charge on any atom is 0.356 e. The molecule has 2 rings (SSSR count). The standard InChI is InChI=1S/C25H32N2O9S2/c1-7-9-11-26-16(37-20(24(31)35-5)18(26)22(29)33-3)13-15(28)14-17-27(12-10-8-2)19(23(30)34-4)21(38-17)25(32)36-6/h13-14H,7-12H2,1-6H3/b16-13-,17-14-. The third-order valence-corrected chi connectivity index (χ3v) is 7.64. The SMILES string of the molecule is CCCCN1C(C(=O)OC)=C(C(=O)OC)S/C1=C\C(=O)/C=C1\SC(C(=O)OC)=C(C(=O)OC)N1CCCC. The zero-order valence-corrected chi connectivity index (χ0v) is 23.9. The van der Waals surface area contributed by atoms with E-state index in [-0.39, 0.29) is 21.2 Å². The van der Waals surface area contributed by atoms with Crippen LogP contribution in [0.5, 0.6) is 0 Å². The van der Waals surface area contributed by atoms with E-state index in [2.05, 4.69) is 0 Å². The third-order valence-electron chi connectivity index (χ3n) is 5.42. The Balaban J connectivity index is 2.51. The first kappa shape index (κ1) is 31.0. The van der Waals surface area contributed by atoms with Crippen molar-refractivity contribution in [3.63, 3.8) is 0 Å². The molecule has 0 aliphatic carbocycles.